The molecule has 0 radical (unpaired) electrons. The monoisotopic (exact) mass is 408 g/mol. The first-order chi connectivity index (χ1) is 12.2. The zero-order chi connectivity index (χ0) is 17.2. The molecule has 2 aromatic carbocycles. The molecule has 3 aromatic rings. The molecule has 0 aliphatic carbocycles. The minimum Gasteiger partial charge on any atom is -0.322 e. The molecule has 8 heteroatoms. The van der Waals surface area contributed by atoms with Gasteiger partial charge in [-0.3, -0.25) is 15.0 Å². The predicted octanol–water partition coefficient (Wildman–Crippen LogP) is 4.43. The fourth-order valence-corrected chi connectivity index (χ4v) is 3.51. The van der Waals surface area contributed by atoms with Crippen LogP contribution in [0, 0.1) is 10.1 Å². The third kappa shape index (κ3) is 4.58. The molecule has 0 N–H and O–H groups in total. The summed E-state index contributed by atoms with van der Waals surface area (Å²) >= 11 is 0. The Morgan fingerprint density at radius 3 is 2.48 bits per heavy atom. The molecule has 27 heavy (non-hydrogen) atoms. The van der Waals surface area contributed by atoms with Crippen LogP contribution in [0.2, 0.25) is 0 Å². The largest absolute Gasteiger partial charge is 0.322 e. The van der Waals surface area contributed by atoms with Gasteiger partial charge in [-0.25, -0.2) is 4.98 Å². The van der Waals surface area contributed by atoms with Crippen molar-refractivity contribution in [3.63, 3.8) is 0 Å². The molecule has 1 fully saturated rings. The molecular formula is C19H22Cl2N4O2. The molecule has 0 spiro atoms. The lowest BCUT2D eigenvalue weighted by atomic mass is 10.2. The molecule has 1 saturated heterocycles. The Kier molecular flexibility index (Phi) is 7.18. The fourth-order valence-electron chi connectivity index (χ4n) is 3.51. The number of likely N-dealkylation sites (tertiary alicyclic amines) is 1. The molecule has 144 valence electrons. The molecule has 0 saturated carbocycles. The number of hydrogen-bond donors (Lipinski definition) is 0. The van der Waals surface area contributed by atoms with Crippen molar-refractivity contribution in [3.05, 3.63) is 70.0 Å². The highest BCUT2D eigenvalue weighted by atomic mass is 35.5. The maximum Gasteiger partial charge on any atom is 0.269 e. The summed E-state index contributed by atoms with van der Waals surface area (Å²) < 4.78 is 2.19. The number of fused-ring (bicyclic) bond motifs is 1. The zero-order valence-corrected chi connectivity index (χ0v) is 16.4. The van der Waals surface area contributed by atoms with Crippen LogP contribution in [-0.2, 0) is 13.1 Å². The summed E-state index contributed by atoms with van der Waals surface area (Å²) in [5, 5.41) is 11.0. The molecule has 0 bridgehead atoms. The van der Waals surface area contributed by atoms with E-state index in [1.807, 2.05) is 24.3 Å². The smallest absolute Gasteiger partial charge is 0.269 e. The number of imidazole rings is 1. The van der Waals surface area contributed by atoms with Crippen molar-refractivity contribution in [1.29, 1.82) is 0 Å². The lowest BCUT2D eigenvalue weighted by Gasteiger charge is -2.16. The van der Waals surface area contributed by atoms with Crippen LogP contribution in [-0.4, -0.2) is 32.5 Å². The molecule has 4 rings (SSSR count). The molecule has 6 nitrogen and oxygen atoms in total. The SMILES string of the molecule is Cl.Cl.O=[N+]([O-])c1cccc(Cn2c(CN3CCCC3)nc3ccccc32)c1. The molecule has 1 aromatic heterocycles. The van der Waals surface area contributed by atoms with Crippen molar-refractivity contribution in [2.75, 3.05) is 13.1 Å². The Labute approximate surface area is 170 Å². The van der Waals surface area contributed by atoms with E-state index in [-0.39, 0.29) is 35.4 Å². The average molecular weight is 409 g/mol. The van der Waals surface area contributed by atoms with Gasteiger partial charge in [0.1, 0.15) is 5.82 Å². The summed E-state index contributed by atoms with van der Waals surface area (Å²) in [5.41, 5.74) is 3.09. The number of hydrogen-bond acceptors (Lipinski definition) is 4. The van der Waals surface area contributed by atoms with E-state index in [1.54, 1.807) is 12.1 Å². The summed E-state index contributed by atoms with van der Waals surface area (Å²) in [6, 6.07) is 14.9. The Morgan fingerprint density at radius 1 is 1.00 bits per heavy atom. The topological polar surface area (TPSA) is 64.2 Å². The van der Waals surface area contributed by atoms with Crippen molar-refractivity contribution in [1.82, 2.24) is 14.5 Å². The second-order valence-electron chi connectivity index (χ2n) is 6.51. The number of non-ortho nitro benzene ring substituents is 1. The van der Waals surface area contributed by atoms with Gasteiger partial charge in [0.15, 0.2) is 0 Å². The third-order valence-electron chi connectivity index (χ3n) is 4.76. The van der Waals surface area contributed by atoms with E-state index in [1.165, 1.54) is 18.9 Å². The summed E-state index contributed by atoms with van der Waals surface area (Å²) in [5.74, 6) is 1.02. The quantitative estimate of drug-likeness (QED) is 0.462. The first-order valence-corrected chi connectivity index (χ1v) is 8.60. The minimum absolute atomic E-state index is 0. The van der Waals surface area contributed by atoms with Gasteiger partial charge in [-0.05, 0) is 43.6 Å². The highest BCUT2D eigenvalue weighted by Crippen LogP contribution is 2.22. The Bertz CT molecular complexity index is 923. The minimum atomic E-state index is -0.347. The summed E-state index contributed by atoms with van der Waals surface area (Å²) in [7, 11) is 0. The molecular weight excluding hydrogens is 387 g/mol. The first-order valence-electron chi connectivity index (χ1n) is 8.60. The molecule has 1 aliphatic heterocycles. The molecule has 2 heterocycles. The van der Waals surface area contributed by atoms with Gasteiger partial charge in [-0.2, -0.15) is 0 Å². The number of nitro groups is 1. The predicted molar refractivity (Wildman–Crippen MR) is 111 cm³/mol. The molecule has 0 atom stereocenters. The summed E-state index contributed by atoms with van der Waals surface area (Å²) in [6.07, 6.45) is 2.48. The number of halogens is 2. The van der Waals surface area contributed by atoms with E-state index >= 15 is 0 Å². The van der Waals surface area contributed by atoms with E-state index in [0.29, 0.717) is 6.54 Å². The summed E-state index contributed by atoms with van der Waals surface area (Å²) in [4.78, 5) is 17.9. The van der Waals surface area contributed by atoms with Crippen LogP contribution in [0.25, 0.3) is 11.0 Å². The van der Waals surface area contributed by atoms with Gasteiger partial charge in [0.2, 0.25) is 0 Å². The van der Waals surface area contributed by atoms with Gasteiger partial charge >= 0.3 is 0 Å². The lowest BCUT2D eigenvalue weighted by Crippen LogP contribution is -2.21. The molecule has 0 unspecified atom stereocenters. The van der Waals surface area contributed by atoms with Crippen LogP contribution in [0.1, 0.15) is 24.2 Å². The Hall–Kier alpha value is -2.15. The zero-order valence-electron chi connectivity index (χ0n) is 14.8. The molecule has 0 amide bonds. The van der Waals surface area contributed by atoms with Gasteiger partial charge < -0.3 is 4.57 Å². The first kappa shape index (κ1) is 21.2. The maximum absolute atomic E-state index is 11.0. The Balaban J connectivity index is 0.00000131. The normalized spacial score (nSPS) is 13.9. The van der Waals surface area contributed by atoms with Crippen molar-refractivity contribution in [2.45, 2.75) is 25.9 Å². The van der Waals surface area contributed by atoms with Crippen LogP contribution in [0.3, 0.4) is 0 Å². The number of benzene rings is 2. The average Bonchev–Trinajstić information content (AvgIpc) is 3.24. The van der Waals surface area contributed by atoms with Crippen molar-refractivity contribution < 1.29 is 4.92 Å². The molecule has 1 aliphatic rings. The number of aromatic nitrogens is 2. The van der Waals surface area contributed by atoms with E-state index in [9.17, 15) is 10.1 Å². The standard InChI is InChI=1S/C19H20N4O2.2ClH/c24-23(25)16-7-5-6-15(12-16)13-22-18-9-2-1-8-17(18)20-19(22)14-21-10-3-4-11-21;;/h1-2,5-9,12H,3-4,10-11,13-14H2;2*1H. The van der Waals surface area contributed by atoms with Crippen molar-refractivity contribution in [2.24, 2.45) is 0 Å². The number of rotatable bonds is 5. The van der Waals surface area contributed by atoms with Crippen LogP contribution in [0.4, 0.5) is 5.69 Å². The number of nitro benzene ring substituents is 1. The van der Waals surface area contributed by atoms with Crippen molar-refractivity contribution in [3.8, 4) is 0 Å². The highest BCUT2D eigenvalue weighted by molar-refractivity contribution is 5.85. The summed E-state index contributed by atoms with van der Waals surface area (Å²) in [6.45, 7) is 3.63. The van der Waals surface area contributed by atoms with Gasteiger partial charge in [-0.1, -0.05) is 24.3 Å². The van der Waals surface area contributed by atoms with E-state index in [2.05, 4.69) is 15.5 Å². The Morgan fingerprint density at radius 2 is 1.74 bits per heavy atom. The van der Waals surface area contributed by atoms with Gasteiger partial charge in [-0.15, -0.1) is 24.8 Å². The third-order valence-corrected chi connectivity index (χ3v) is 4.76. The van der Waals surface area contributed by atoms with E-state index in [0.717, 1.165) is 42.1 Å². The highest BCUT2D eigenvalue weighted by Gasteiger charge is 2.17. The number of para-hydroxylation sites is 2. The maximum atomic E-state index is 11.0. The van der Waals surface area contributed by atoms with E-state index < -0.39 is 0 Å². The fraction of sp³-hybridized carbons (Fsp3) is 0.316. The van der Waals surface area contributed by atoms with Gasteiger partial charge in [0.25, 0.3) is 5.69 Å². The second-order valence-corrected chi connectivity index (χ2v) is 6.51. The van der Waals surface area contributed by atoms with Crippen LogP contribution >= 0.6 is 24.8 Å². The van der Waals surface area contributed by atoms with Crippen LogP contribution in [0.15, 0.2) is 48.5 Å². The second kappa shape index (κ2) is 9.17. The van der Waals surface area contributed by atoms with Crippen molar-refractivity contribution >= 4 is 41.5 Å². The lowest BCUT2D eigenvalue weighted by molar-refractivity contribution is -0.384. The number of nitrogens with zero attached hydrogens (tertiary/aromatic N) is 4. The van der Waals surface area contributed by atoms with Crippen LogP contribution in [0.5, 0.6) is 0 Å². The van der Waals surface area contributed by atoms with Crippen LogP contribution < -0.4 is 0 Å². The van der Waals surface area contributed by atoms with Gasteiger partial charge in [0.05, 0.1) is 22.5 Å². The van der Waals surface area contributed by atoms with Gasteiger partial charge in [0, 0.05) is 18.7 Å². The van der Waals surface area contributed by atoms with E-state index in [4.69, 9.17) is 4.98 Å².